The largest absolute Gasteiger partial charge is 0.405 e. The fraction of sp³-hybridized carbons (Fsp3) is 0.121. The van der Waals surface area contributed by atoms with Gasteiger partial charge >= 0.3 is 0 Å². The van der Waals surface area contributed by atoms with Crippen LogP contribution in [0.4, 0.5) is 8.78 Å². The van der Waals surface area contributed by atoms with Crippen LogP contribution in [0, 0.1) is 18.6 Å². The second kappa shape index (κ2) is 12.8. The molecule has 1 atom stereocenters. The van der Waals surface area contributed by atoms with Crippen molar-refractivity contribution < 1.29 is 13.6 Å². The normalized spacial score (nSPS) is 16.2. The molecule has 0 spiro atoms. The molecule has 0 amide bonds. The molecule has 0 bridgehead atoms. The summed E-state index contributed by atoms with van der Waals surface area (Å²) >= 11 is 18.0. The van der Waals surface area contributed by atoms with Crippen molar-refractivity contribution in [2.75, 3.05) is 7.05 Å². The smallest absolute Gasteiger partial charge is 0.160 e. The fourth-order valence-electron chi connectivity index (χ4n) is 4.73. The van der Waals surface area contributed by atoms with Crippen molar-refractivity contribution >= 4 is 40.6 Å². The molecule has 3 aromatic carbocycles. The molecule has 5 nitrogen and oxygen atoms in total. The molecule has 10 heteroatoms. The Morgan fingerprint density at radius 3 is 1.93 bits per heavy atom. The van der Waals surface area contributed by atoms with Crippen molar-refractivity contribution in [2.45, 2.75) is 19.4 Å². The molecule has 43 heavy (non-hydrogen) atoms. The van der Waals surface area contributed by atoms with Crippen molar-refractivity contribution in [1.29, 1.82) is 0 Å². The Bertz CT molecular complexity index is 1770. The van der Waals surface area contributed by atoms with Crippen molar-refractivity contribution in [3.05, 3.63) is 141 Å². The molecule has 2 aromatic heterocycles. The molecular weight excluding hydrogens is 613 g/mol. The molecule has 3 heterocycles. The van der Waals surface area contributed by atoms with Gasteiger partial charge in [0.05, 0.1) is 11.3 Å². The minimum absolute atomic E-state index is 0.0652. The zero-order valence-electron chi connectivity index (χ0n) is 23.3. The number of halogens is 5. The van der Waals surface area contributed by atoms with Crippen LogP contribution in [0.2, 0.25) is 15.2 Å². The molecule has 0 fully saturated rings. The van der Waals surface area contributed by atoms with E-state index in [0.717, 1.165) is 21.9 Å². The first-order chi connectivity index (χ1) is 20.6. The summed E-state index contributed by atoms with van der Waals surface area (Å²) in [4.78, 5) is 10.1. The predicted molar refractivity (Wildman–Crippen MR) is 167 cm³/mol. The van der Waals surface area contributed by atoms with Gasteiger partial charge in [-0.1, -0.05) is 59.1 Å². The Morgan fingerprint density at radius 2 is 1.35 bits per heavy atom. The standard InChI is InChI=1S/C17H10Cl2F2N2.C16H15ClN2O/c1-9-14(10-5-7-11(18)8-6-10)16(17(19)23-22-9)15-12(20)3-2-4-13(15)21;1-16(13-4-3-9-18-11-13)10-15(20-19(16)2)12-5-7-14(17)8-6-12/h2-8H,1H3;3-11H,1-2H3. The van der Waals surface area contributed by atoms with Gasteiger partial charge in [-0.05, 0) is 85.6 Å². The average Bonchev–Trinajstić information content (AvgIpc) is 3.31. The van der Waals surface area contributed by atoms with Crippen molar-refractivity contribution in [3.63, 3.8) is 0 Å². The Kier molecular flexibility index (Phi) is 9.08. The van der Waals surface area contributed by atoms with Crippen LogP contribution < -0.4 is 0 Å². The van der Waals surface area contributed by atoms with Gasteiger partial charge in [-0.25, -0.2) is 8.78 Å². The number of likely N-dealkylation sites (N-methyl/N-ethyl adjacent to an activating group) is 1. The van der Waals surface area contributed by atoms with Gasteiger partial charge in [0.2, 0.25) is 0 Å². The van der Waals surface area contributed by atoms with Gasteiger partial charge in [0.25, 0.3) is 0 Å². The van der Waals surface area contributed by atoms with Crippen LogP contribution in [0.3, 0.4) is 0 Å². The van der Waals surface area contributed by atoms with E-state index in [1.807, 2.05) is 54.7 Å². The lowest BCUT2D eigenvalue weighted by molar-refractivity contribution is -0.105. The third-order valence-electron chi connectivity index (χ3n) is 7.13. The van der Waals surface area contributed by atoms with Gasteiger partial charge in [0.15, 0.2) is 10.9 Å². The molecule has 0 radical (unpaired) electrons. The van der Waals surface area contributed by atoms with Gasteiger partial charge in [0, 0.05) is 46.2 Å². The summed E-state index contributed by atoms with van der Waals surface area (Å²) in [6.07, 6.45) is 5.74. The maximum atomic E-state index is 14.2. The summed E-state index contributed by atoms with van der Waals surface area (Å²) in [5.41, 5.74) is 3.45. The summed E-state index contributed by atoms with van der Waals surface area (Å²) in [6.45, 7) is 3.81. The summed E-state index contributed by atoms with van der Waals surface area (Å²) < 4.78 is 28.5. The molecule has 0 aliphatic carbocycles. The van der Waals surface area contributed by atoms with E-state index in [0.29, 0.717) is 21.8 Å². The number of aryl methyl sites for hydroxylation is 1. The van der Waals surface area contributed by atoms with E-state index in [1.165, 1.54) is 18.2 Å². The summed E-state index contributed by atoms with van der Waals surface area (Å²) in [5, 5.41) is 10.8. The van der Waals surface area contributed by atoms with Crippen molar-refractivity contribution in [1.82, 2.24) is 20.2 Å². The van der Waals surface area contributed by atoms with Crippen LogP contribution in [-0.4, -0.2) is 27.3 Å². The van der Waals surface area contributed by atoms with E-state index < -0.39 is 11.6 Å². The Hall–Kier alpha value is -3.88. The van der Waals surface area contributed by atoms with Crippen LogP contribution in [0.5, 0.6) is 0 Å². The number of aromatic nitrogens is 3. The Balaban J connectivity index is 0.000000173. The number of rotatable bonds is 4. The number of nitrogens with zero attached hydrogens (tertiary/aromatic N) is 4. The Morgan fingerprint density at radius 1 is 0.744 bits per heavy atom. The van der Waals surface area contributed by atoms with E-state index in [4.69, 9.17) is 39.6 Å². The lowest BCUT2D eigenvalue weighted by Crippen LogP contribution is -2.34. The molecule has 1 aliphatic rings. The lowest BCUT2D eigenvalue weighted by atomic mass is 9.92. The van der Waals surface area contributed by atoms with Gasteiger partial charge in [0.1, 0.15) is 17.2 Å². The first kappa shape index (κ1) is 30.6. The van der Waals surface area contributed by atoms with E-state index >= 15 is 0 Å². The van der Waals surface area contributed by atoms with Crippen molar-refractivity contribution in [2.24, 2.45) is 0 Å². The van der Waals surface area contributed by atoms with E-state index in [-0.39, 0.29) is 21.8 Å². The quantitative estimate of drug-likeness (QED) is 0.196. The number of pyridine rings is 1. The summed E-state index contributed by atoms with van der Waals surface area (Å²) in [6, 6.07) is 22.1. The van der Waals surface area contributed by atoms with Gasteiger partial charge in [-0.15, -0.1) is 10.2 Å². The third-order valence-corrected chi connectivity index (χ3v) is 7.90. The minimum atomic E-state index is -0.713. The molecule has 1 unspecified atom stereocenters. The van der Waals surface area contributed by atoms with Gasteiger partial charge < -0.3 is 4.84 Å². The molecule has 6 rings (SSSR count). The first-order valence-corrected chi connectivity index (χ1v) is 14.3. The Labute approximate surface area is 263 Å². The lowest BCUT2D eigenvalue weighted by Gasteiger charge is -2.28. The highest BCUT2D eigenvalue weighted by molar-refractivity contribution is 6.33. The SMILES string of the molecule is CN1OC(c2ccc(Cl)cc2)=CC1(C)c1cccnc1.Cc1nnc(Cl)c(-c2c(F)cccc2F)c1-c1ccc(Cl)cc1. The monoisotopic (exact) mass is 636 g/mol. The second-order valence-corrected chi connectivity index (χ2v) is 11.2. The molecule has 0 saturated heterocycles. The summed E-state index contributed by atoms with van der Waals surface area (Å²) in [7, 11) is 1.92. The van der Waals surface area contributed by atoms with Crippen molar-refractivity contribution in [3.8, 4) is 22.3 Å². The molecule has 218 valence electrons. The molecule has 1 aliphatic heterocycles. The highest BCUT2D eigenvalue weighted by atomic mass is 35.5. The highest BCUT2D eigenvalue weighted by Crippen LogP contribution is 2.41. The van der Waals surface area contributed by atoms with E-state index in [2.05, 4.69) is 28.2 Å². The maximum absolute atomic E-state index is 14.2. The highest BCUT2D eigenvalue weighted by Gasteiger charge is 2.38. The summed E-state index contributed by atoms with van der Waals surface area (Å²) in [5.74, 6) is -0.598. The number of benzene rings is 3. The van der Waals surface area contributed by atoms with Crippen LogP contribution in [0.25, 0.3) is 28.0 Å². The fourth-order valence-corrected chi connectivity index (χ4v) is 5.21. The topological polar surface area (TPSA) is 51.1 Å². The molecule has 0 saturated carbocycles. The van der Waals surface area contributed by atoms with Gasteiger partial charge in [-0.2, -0.15) is 5.10 Å². The van der Waals surface area contributed by atoms with Gasteiger partial charge in [-0.3, -0.25) is 4.98 Å². The zero-order chi connectivity index (χ0) is 30.7. The van der Waals surface area contributed by atoms with Crippen LogP contribution in [-0.2, 0) is 10.4 Å². The minimum Gasteiger partial charge on any atom is -0.405 e. The first-order valence-electron chi connectivity index (χ1n) is 13.1. The number of hydrogen-bond acceptors (Lipinski definition) is 5. The molecular formula is C33H25Cl3F2N4O. The molecule has 5 aromatic rings. The van der Waals surface area contributed by atoms with E-state index in [9.17, 15) is 8.78 Å². The average molecular weight is 638 g/mol. The van der Waals surface area contributed by atoms with Crippen LogP contribution in [0.1, 0.15) is 23.7 Å². The maximum Gasteiger partial charge on any atom is 0.160 e. The molecule has 0 N–H and O–H groups in total. The predicted octanol–water partition coefficient (Wildman–Crippen LogP) is 9.57. The van der Waals surface area contributed by atoms with E-state index in [1.54, 1.807) is 37.4 Å². The number of hydrogen-bond donors (Lipinski definition) is 0. The van der Waals surface area contributed by atoms with Crippen LogP contribution in [0.15, 0.2) is 97.3 Å². The zero-order valence-corrected chi connectivity index (χ0v) is 25.6. The second-order valence-electron chi connectivity index (χ2n) is 9.92. The third kappa shape index (κ3) is 6.40. The van der Waals surface area contributed by atoms with Crippen LogP contribution >= 0.6 is 34.8 Å². The number of hydroxylamine groups is 2.